The third kappa shape index (κ3) is 7.26. The second-order valence-corrected chi connectivity index (χ2v) is 6.84. The Labute approximate surface area is 158 Å². The summed E-state index contributed by atoms with van der Waals surface area (Å²) in [5, 5.41) is 7.04. The summed E-state index contributed by atoms with van der Waals surface area (Å²) >= 11 is 0. The van der Waals surface area contributed by atoms with Crippen LogP contribution in [0, 0.1) is 13.8 Å². The van der Waals surface area contributed by atoms with Gasteiger partial charge < -0.3 is 16.4 Å². The molecule has 0 amide bonds. The van der Waals surface area contributed by atoms with E-state index in [1.165, 1.54) is 22.3 Å². The molecule has 4 heteroatoms. The quantitative estimate of drug-likeness (QED) is 0.513. The third-order valence-corrected chi connectivity index (χ3v) is 4.76. The van der Waals surface area contributed by atoms with E-state index >= 15 is 0 Å². The Morgan fingerprint density at radius 2 is 1.38 bits per heavy atom. The van der Waals surface area contributed by atoms with Gasteiger partial charge in [-0.05, 0) is 36.1 Å². The maximum Gasteiger partial charge on any atom is 0.0237 e. The first-order chi connectivity index (χ1) is 12.7. The number of nitrogens with zero attached hydrogens (tertiary/aromatic N) is 1. The van der Waals surface area contributed by atoms with E-state index in [9.17, 15) is 0 Å². The molecule has 26 heavy (non-hydrogen) atoms. The zero-order valence-electron chi connectivity index (χ0n) is 16.3. The van der Waals surface area contributed by atoms with Crippen molar-refractivity contribution in [1.29, 1.82) is 0 Å². The van der Waals surface area contributed by atoms with Gasteiger partial charge in [0.1, 0.15) is 0 Å². The van der Waals surface area contributed by atoms with Gasteiger partial charge in [-0.3, -0.25) is 4.90 Å². The predicted octanol–water partition coefficient (Wildman–Crippen LogP) is 2.44. The maximum atomic E-state index is 5.79. The van der Waals surface area contributed by atoms with Crippen LogP contribution >= 0.6 is 0 Å². The monoisotopic (exact) mass is 354 g/mol. The molecule has 0 unspecified atom stereocenters. The molecule has 0 atom stereocenters. The summed E-state index contributed by atoms with van der Waals surface area (Å²) in [6.07, 6.45) is 0. The largest absolute Gasteiger partial charge is 0.329 e. The van der Waals surface area contributed by atoms with Gasteiger partial charge in [-0.25, -0.2) is 0 Å². The van der Waals surface area contributed by atoms with Gasteiger partial charge in [0, 0.05) is 52.4 Å². The Hall–Kier alpha value is -1.72. The lowest BCUT2D eigenvalue weighted by Crippen LogP contribution is -2.37. The van der Waals surface area contributed by atoms with Crippen LogP contribution in [0.25, 0.3) is 0 Å². The molecule has 0 radical (unpaired) electrons. The molecule has 0 aliphatic rings. The van der Waals surface area contributed by atoms with Crippen LogP contribution in [-0.2, 0) is 13.1 Å². The number of hydrogen-bond acceptors (Lipinski definition) is 4. The van der Waals surface area contributed by atoms with E-state index < -0.39 is 0 Å². The summed E-state index contributed by atoms with van der Waals surface area (Å²) in [7, 11) is 0. The van der Waals surface area contributed by atoms with Crippen LogP contribution in [0.1, 0.15) is 22.3 Å². The Balaban J connectivity index is 1.62. The molecule has 0 bridgehead atoms. The molecule has 0 aliphatic heterocycles. The minimum Gasteiger partial charge on any atom is -0.329 e. The highest BCUT2D eigenvalue weighted by atomic mass is 15.1. The lowest BCUT2D eigenvalue weighted by atomic mass is 10.1. The van der Waals surface area contributed by atoms with Crippen LogP contribution in [0.15, 0.2) is 48.5 Å². The second kappa shape index (κ2) is 11.8. The van der Waals surface area contributed by atoms with Crippen molar-refractivity contribution in [3.8, 4) is 0 Å². The first-order valence-corrected chi connectivity index (χ1v) is 9.63. The average molecular weight is 355 g/mol. The van der Waals surface area contributed by atoms with Gasteiger partial charge in [-0.2, -0.15) is 0 Å². The van der Waals surface area contributed by atoms with Crippen molar-refractivity contribution >= 4 is 0 Å². The van der Waals surface area contributed by atoms with E-state index in [1.54, 1.807) is 0 Å². The molecule has 142 valence electrons. The number of hydrogen-bond donors (Lipinski definition) is 3. The highest BCUT2D eigenvalue weighted by Gasteiger charge is 2.06. The lowest BCUT2D eigenvalue weighted by molar-refractivity contribution is 0.272. The van der Waals surface area contributed by atoms with Gasteiger partial charge in [0.05, 0.1) is 0 Å². The minimum atomic E-state index is 0.698. The smallest absolute Gasteiger partial charge is 0.0237 e. The van der Waals surface area contributed by atoms with Crippen LogP contribution in [0.4, 0.5) is 0 Å². The Bertz CT molecular complexity index is 642. The number of nitrogens with two attached hydrogens (primary N) is 1. The fourth-order valence-corrected chi connectivity index (χ4v) is 3.05. The Morgan fingerprint density at radius 3 is 2.04 bits per heavy atom. The highest BCUT2D eigenvalue weighted by Crippen LogP contribution is 2.10. The minimum absolute atomic E-state index is 0.698. The van der Waals surface area contributed by atoms with Crippen LogP contribution in [0.3, 0.4) is 0 Å². The average Bonchev–Trinajstić information content (AvgIpc) is 2.64. The van der Waals surface area contributed by atoms with E-state index in [4.69, 9.17) is 5.73 Å². The van der Waals surface area contributed by atoms with Gasteiger partial charge >= 0.3 is 0 Å². The van der Waals surface area contributed by atoms with Crippen LogP contribution < -0.4 is 16.4 Å². The van der Waals surface area contributed by atoms with E-state index in [1.807, 2.05) is 0 Å². The van der Waals surface area contributed by atoms with Gasteiger partial charge in [0.2, 0.25) is 0 Å². The standard InChI is InChI=1S/C22H34N4/c1-19-7-3-5-9-21(19)17-25-13-12-24-14-16-26(15-11-23)18-22-10-6-4-8-20(22)2/h3-10,24-25H,11-18,23H2,1-2H3. The summed E-state index contributed by atoms with van der Waals surface area (Å²) in [6.45, 7) is 11.8. The Morgan fingerprint density at radius 1 is 0.769 bits per heavy atom. The molecule has 2 aromatic rings. The molecule has 2 aromatic carbocycles. The summed E-state index contributed by atoms with van der Waals surface area (Å²) in [4.78, 5) is 2.43. The van der Waals surface area contributed by atoms with Gasteiger partial charge in [0.15, 0.2) is 0 Å². The SMILES string of the molecule is Cc1ccccc1CNCCNCCN(CCN)Cc1ccccc1C. The molecular formula is C22H34N4. The van der Waals surface area contributed by atoms with E-state index in [0.29, 0.717) is 6.54 Å². The summed E-state index contributed by atoms with van der Waals surface area (Å²) in [5.41, 5.74) is 11.2. The summed E-state index contributed by atoms with van der Waals surface area (Å²) in [5.74, 6) is 0. The topological polar surface area (TPSA) is 53.3 Å². The molecule has 0 aromatic heterocycles. The van der Waals surface area contributed by atoms with Crippen LogP contribution in [-0.4, -0.2) is 44.2 Å². The van der Waals surface area contributed by atoms with Crippen molar-refractivity contribution < 1.29 is 0 Å². The molecule has 0 aliphatic carbocycles. The fourth-order valence-electron chi connectivity index (χ4n) is 3.05. The lowest BCUT2D eigenvalue weighted by Gasteiger charge is -2.23. The Kier molecular flexibility index (Phi) is 9.35. The fraction of sp³-hybridized carbons (Fsp3) is 0.455. The normalized spacial score (nSPS) is 11.2. The van der Waals surface area contributed by atoms with Crippen molar-refractivity contribution in [3.63, 3.8) is 0 Å². The first-order valence-electron chi connectivity index (χ1n) is 9.63. The van der Waals surface area contributed by atoms with Crippen LogP contribution in [0.2, 0.25) is 0 Å². The molecule has 4 nitrogen and oxygen atoms in total. The number of nitrogens with one attached hydrogen (secondary N) is 2. The third-order valence-electron chi connectivity index (χ3n) is 4.76. The number of aryl methyl sites for hydroxylation is 2. The van der Waals surface area contributed by atoms with Crippen molar-refractivity contribution in [2.75, 3.05) is 39.3 Å². The van der Waals surface area contributed by atoms with Crippen molar-refractivity contribution in [2.45, 2.75) is 26.9 Å². The zero-order chi connectivity index (χ0) is 18.6. The summed E-state index contributed by atoms with van der Waals surface area (Å²) < 4.78 is 0. The zero-order valence-corrected chi connectivity index (χ0v) is 16.3. The molecule has 4 N–H and O–H groups in total. The first kappa shape index (κ1) is 20.6. The summed E-state index contributed by atoms with van der Waals surface area (Å²) in [6, 6.07) is 17.1. The molecule has 2 rings (SSSR count). The maximum absolute atomic E-state index is 5.79. The number of benzene rings is 2. The van der Waals surface area contributed by atoms with E-state index in [-0.39, 0.29) is 0 Å². The number of rotatable bonds is 12. The highest BCUT2D eigenvalue weighted by molar-refractivity contribution is 5.26. The van der Waals surface area contributed by atoms with E-state index in [2.05, 4.69) is 77.9 Å². The molecular weight excluding hydrogens is 320 g/mol. The molecule has 0 saturated carbocycles. The van der Waals surface area contributed by atoms with E-state index in [0.717, 1.165) is 45.8 Å². The van der Waals surface area contributed by atoms with Gasteiger partial charge in [0.25, 0.3) is 0 Å². The van der Waals surface area contributed by atoms with Crippen molar-refractivity contribution in [1.82, 2.24) is 15.5 Å². The molecule has 0 spiro atoms. The van der Waals surface area contributed by atoms with Gasteiger partial charge in [-0.1, -0.05) is 48.5 Å². The van der Waals surface area contributed by atoms with Crippen LogP contribution in [0.5, 0.6) is 0 Å². The second-order valence-electron chi connectivity index (χ2n) is 6.84. The predicted molar refractivity (Wildman–Crippen MR) is 111 cm³/mol. The molecule has 0 saturated heterocycles. The van der Waals surface area contributed by atoms with Crippen molar-refractivity contribution in [3.05, 3.63) is 70.8 Å². The van der Waals surface area contributed by atoms with Crippen molar-refractivity contribution in [2.24, 2.45) is 5.73 Å². The van der Waals surface area contributed by atoms with Gasteiger partial charge in [-0.15, -0.1) is 0 Å². The molecule has 0 heterocycles. The molecule has 0 fully saturated rings.